The van der Waals surface area contributed by atoms with Crippen LogP contribution in [-0.4, -0.2) is 25.0 Å². The minimum absolute atomic E-state index is 0.0581. The van der Waals surface area contributed by atoms with Gasteiger partial charge in [-0.05, 0) is 62.6 Å². The van der Waals surface area contributed by atoms with Crippen molar-refractivity contribution in [2.45, 2.75) is 33.6 Å². The molecule has 2 N–H and O–H groups in total. The Kier molecular flexibility index (Phi) is 7.21. The van der Waals surface area contributed by atoms with Gasteiger partial charge in [-0.3, -0.25) is 9.59 Å². The summed E-state index contributed by atoms with van der Waals surface area (Å²) in [4.78, 5) is 24.3. The van der Waals surface area contributed by atoms with Gasteiger partial charge in [0, 0.05) is 18.7 Å². The molecule has 0 aliphatic rings. The van der Waals surface area contributed by atoms with Gasteiger partial charge in [0.1, 0.15) is 5.75 Å². The molecule has 0 spiro atoms. The summed E-state index contributed by atoms with van der Waals surface area (Å²) >= 11 is 0. The highest BCUT2D eigenvalue weighted by atomic mass is 16.5. The fourth-order valence-corrected chi connectivity index (χ4v) is 2.52. The Morgan fingerprint density at radius 2 is 1.81 bits per heavy atom. The molecule has 26 heavy (non-hydrogen) atoms. The lowest BCUT2D eigenvalue weighted by Crippen LogP contribution is -2.26. The third-order valence-electron chi connectivity index (χ3n) is 4.09. The number of ether oxygens (including phenoxy) is 1. The third-order valence-corrected chi connectivity index (χ3v) is 4.09. The first kappa shape index (κ1) is 19.5. The minimum Gasteiger partial charge on any atom is -0.493 e. The predicted octanol–water partition coefficient (Wildman–Crippen LogP) is 3.85. The van der Waals surface area contributed by atoms with Gasteiger partial charge in [-0.25, -0.2) is 0 Å². The van der Waals surface area contributed by atoms with Gasteiger partial charge in [-0.15, -0.1) is 0 Å². The number of carbonyl (C=O) groups excluding carboxylic acids is 2. The Labute approximate surface area is 154 Å². The van der Waals surface area contributed by atoms with Crippen molar-refractivity contribution in [2.24, 2.45) is 0 Å². The molecule has 2 rings (SSSR count). The molecule has 0 radical (unpaired) electrons. The van der Waals surface area contributed by atoms with E-state index in [4.69, 9.17) is 4.74 Å². The molecular weight excluding hydrogens is 328 g/mol. The van der Waals surface area contributed by atoms with Gasteiger partial charge in [0.25, 0.3) is 5.91 Å². The number of nitrogens with one attached hydrogen (secondary N) is 2. The standard InChI is InChI=1S/C21H26N2O3/c1-4-26-19-9-6-5-8-18(19)21(25)22-13-7-10-20(24)23-17-12-11-15(2)16(3)14-17/h5-6,8-9,11-12,14H,4,7,10,13H2,1-3H3,(H,22,25)(H,23,24). The van der Waals surface area contributed by atoms with Crippen molar-refractivity contribution in [3.05, 3.63) is 59.2 Å². The first-order chi connectivity index (χ1) is 12.5. The maximum Gasteiger partial charge on any atom is 0.255 e. The van der Waals surface area contributed by atoms with Gasteiger partial charge in [-0.1, -0.05) is 18.2 Å². The molecule has 5 nitrogen and oxygen atoms in total. The van der Waals surface area contributed by atoms with Crippen molar-refractivity contribution in [1.29, 1.82) is 0 Å². The molecule has 0 bridgehead atoms. The average molecular weight is 354 g/mol. The van der Waals surface area contributed by atoms with E-state index in [1.807, 2.05) is 45.0 Å². The molecule has 0 atom stereocenters. The van der Waals surface area contributed by atoms with E-state index >= 15 is 0 Å². The van der Waals surface area contributed by atoms with Crippen LogP contribution in [-0.2, 0) is 4.79 Å². The average Bonchev–Trinajstić information content (AvgIpc) is 2.62. The van der Waals surface area contributed by atoms with Crippen LogP contribution in [0.15, 0.2) is 42.5 Å². The quantitative estimate of drug-likeness (QED) is 0.708. The van der Waals surface area contributed by atoms with Crippen LogP contribution in [0.4, 0.5) is 5.69 Å². The molecule has 5 heteroatoms. The number of benzene rings is 2. The normalized spacial score (nSPS) is 10.3. The molecule has 138 valence electrons. The van der Waals surface area contributed by atoms with Crippen molar-refractivity contribution >= 4 is 17.5 Å². The summed E-state index contributed by atoms with van der Waals surface area (Å²) in [6.07, 6.45) is 0.916. The molecular formula is C21H26N2O3. The molecule has 2 aromatic carbocycles. The van der Waals surface area contributed by atoms with Crippen LogP contribution in [0.3, 0.4) is 0 Å². The summed E-state index contributed by atoms with van der Waals surface area (Å²) in [7, 11) is 0. The van der Waals surface area contributed by atoms with Crippen molar-refractivity contribution in [2.75, 3.05) is 18.5 Å². The molecule has 0 saturated carbocycles. The summed E-state index contributed by atoms with van der Waals surface area (Å²) in [6, 6.07) is 13.0. The molecule has 0 aromatic heterocycles. The number of rotatable bonds is 8. The monoisotopic (exact) mass is 354 g/mol. The second kappa shape index (κ2) is 9.61. The Morgan fingerprint density at radius 3 is 2.54 bits per heavy atom. The summed E-state index contributed by atoms with van der Waals surface area (Å²) < 4.78 is 5.46. The van der Waals surface area contributed by atoms with E-state index < -0.39 is 0 Å². The zero-order valence-electron chi connectivity index (χ0n) is 15.6. The first-order valence-electron chi connectivity index (χ1n) is 8.88. The molecule has 2 aromatic rings. The maximum atomic E-state index is 12.3. The Hall–Kier alpha value is -2.82. The molecule has 0 unspecified atom stereocenters. The molecule has 0 heterocycles. The van der Waals surface area contributed by atoms with Gasteiger partial charge in [0.15, 0.2) is 0 Å². The van der Waals surface area contributed by atoms with E-state index in [9.17, 15) is 9.59 Å². The maximum absolute atomic E-state index is 12.3. The topological polar surface area (TPSA) is 67.4 Å². The van der Waals surface area contributed by atoms with Crippen molar-refractivity contribution in [3.8, 4) is 5.75 Å². The van der Waals surface area contributed by atoms with E-state index in [-0.39, 0.29) is 11.8 Å². The van der Waals surface area contributed by atoms with E-state index in [0.29, 0.717) is 37.3 Å². The largest absolute Gasteiger partial charge is 0.493 e. The highest BCUT2D eigenvalue weighted by Gasteiger charge is 2.11. The molecule has 0 aliphatic carbocycles. The highest BCUT2D eigenvalue weighted by molar-refractivity contribution is 5.97. The van der Waals surface area contributed by atoms with Gasteiger partial charge in [0.2, 0.25) is 5.91 Å². The summed E-state index contributed by atoms with van der Waals surface area (Å²) in [5.74, 6) is 0.320. The lowest BCUT2D eigenvalue weighted by molar-refractivity contribution is -0.116. The minimum atomic E-state index is -0.191. The second-order valence-corrected chi connectivity index (χ2v) is 6.14. The number of para-hydroxylation sites is 1. The van der Waals surface area contributed by atoms with Gasteiger partial charge in [0.05, 0.1) is 12.2 Å². The van der Waals surface area contributed by atoms with Crippen LogP contribution >= 0.6 is 0 Å². The molecule has 0 aliphatic heterocycles. The third kappa shape index (κ3) is 5.62. The van der Waals surface area contributed by atoms with E-state index in [1.54, 1.807) is 18.2 Å². The van der Waals surface area contributed by atoms with E-state index in [2.05, 4.69) is 10.6 Å². The second-order valence-electron chi connectivity index (χ2n) is 6.14. The van der Waals surface area contributed by atoms with Crippen LogP contribution in [0.1, 0.15) is 41.3 Å². The SMILES string of the molecule is CCOc1ccccc1C(=O)NCCCC(=O)Nc1ccc(C)c(C)c1. The fraction of sp³-hybridized carbons (Fsp3) is 0.333. The number of aryl methyl sites for hydroxylation is 2. The van der Waals surface area contributed by atoms with Crippen LogP contribution < -0.4 is 15.4 Å². The summed E-state index contributed by atoms with van der Waals surface area (Å²) in [5, 5.41) is 5.72. The van der Waals surface area contributed by atoms with Gasteiger partial charge in [-0.2, -0.15) is 0 Å². The number of carbonyl (C=O) groups is 2. The molecule has 0 fully saturated rings. The van der Waals surface area contributed by atoms with Crippen molar-refractivity contribution in [1.82, 2.24) is 5.32 Å². The smallest absolute Gasteiger partial charge is 0.255 e. The van der Waals surface area contributed by atoms with E-state index in [0.717, 1.165) is 11.3 Å². The zero-order chi connectivity index (χ0) is 18.9. The molecule has 2 amide bonds. The van der Waals surface area contributed by atoms with E-state index in [1.165, 1.54) is 5.56 Å². The van der Waals surface area contributed by atoms with Gasteiger partial charge >= 0.3 is 0 Å². The number of anilines is 1. The predicted molar refractivity (Wildman–Crippen MR) is 104 cm³/mol. The summed E-state index contributed by atoms with van der Waals surface area (Å²) in [6.45, 7) is 6.86. The van der Waals surface area contributed by atoms with Crippen LogP contribution in [0.25, 0.3) is 0 Å². The Morgan fingerprint density at radius 1 is 1.04 bits per heavy atom. The van der Waals surface area contributed by atoms with Crippen molar-refractivity contribution in [3.63, 3.8) is 0 Å². The molecule has 0 saturated heterocycles. The lowest BCUT2D eigenvalue weighted by Gasteiger charge is -2.10. The van der Waals surface area contributed by atoms with Crippen LogP contribution in [0, 0.1) is 13.8 Å². The Bertz CT molecular complexity index is 772. The lowest BCUT2D eigenvalue weighted by atomic mass is 10.1. The number of hydrogen-bond acceptors (Lipinski definition) is 3. The van der Waals surface area contributed by atoms with Crippen LogP contribution in [0.2, 0.25) is 0 Å². The summed E-state index contributed by atoms with van der Waals surface area (Å²) in [5.41, 5.74) is 3.64. The number of amides is 2. The Balaban J connectivity index is 1.76. The number of hydrogen-bond donors (Lipinski definition) is 2. The fourth-order valence-electron chi connectivity index (χ4n) is 2.52. The van der Waals surface area contributed by atoms with Crippen LogP contribution in [0.5, 0.6) is 5.75 Å². The van der Waals surface area contributed by atoms with Crippen molar-refractivity contribution < 1.29 is 14.3 Å². The first-order valence-corrected chi connectivity index (χ1v) is 8.88. The highest BCUT2D eigenvalue weighted by Crippen LogP contribution is 2.17. The van der Waals surface area contributed by atoms with Gasteiger partial charge < -0.3 is 15.4 Å². The zero-order valence-corrected chi connectivity index (χ0v) is 15.6.